The predicted molar refractivity (Wildman–Crippen MR) is 58.0 cm³/mol. The molecule has 3 atom stereocenters. The third kappa shape index (κ3) is 1.83. The minimum absolute atomic E-state index is 0.168. The molecule has 2 aliphatic heterocycles. The Balaban J connectivity index is 2.16. The summed E-state index contributed by atoms with van der Waals surface area (Å²) in [6.45, 7) is 5.90. The van der Waals surface area contributed by atoms with Crippen molar-refractivity contribution in [1.82, 2.24) is 10.2 Å². The van der Waals surface area contributed by atoms with E-state index < -0.39 is 6.09 Å². The van der Waals surface area contributed by atoms with Crippen molar-refractivity contribution in [2.24, 2.45) is 0 Å². The number of hydrogen-bond acceptors (Lipinski definition) is 2. The second-order valence-electron chi connectivity index (χ2n) is 5.67. The monoisotopic (exact) mass is 212 g/mol. The maximum Gasteiger partial charge on any atom is 0.408 e. The molecule has 0 aromatic rings. The number of nitrogens with zero attached hydrogens (tertiary/aromatic N) is 1. The highest BCUT2D eigenvalue weighted by Crippen LogP contribution is 2.34. The number of amides is 1. The molecule has 0 saturated carbocycles. The summed E-state index contributed by atoms with van der Waals surface area (Å²) in [5.41, 5.74) is -0.303. The van der Waals surface area contributed by atoms with Gasteiger partial charge in [0, 0.05) is 17.6 Å². The van der Waals surface area contributed by atoms with Gasteiger partial charge in [-0.15, -0.1) is 0 Å². The fourth-order valence-electron chi connectivity index (χ4n) is 3.01. The first kappa shape index (κ1) is 10.7. The minimum atomic E-state index is -0.790. The van der Waals surface area contributed by atoms with Crippen LogP contribution in [0.1, 0.15) is 40.0 Å². The Labute approximate surface area is 90.6 Å². The van der Waals surface area contributed by atoms with Gasteiger partial charge in [-0.1, -0.05) is 0 Å². The van der Waals surface area contributed by atoms with Gasteiger partial charge >= 0.3 is 6.09 Å². The van der Waals surface area contributed by atoms with E-state index in [0.717, 1.165) is 12.8 Å². The van der Waals surface area contributed by atoms with Gasteiger partial charge in [-0.3, -0.25) is 4.90 Å². The average molecular weight is 212 g/mol. The molecule has 4 nitrogen and oxygen atoms in total. The van der Waals surface area contributed by atoms with Crippen molar-refractivity contribution >= 4 is 6.09 Å². The van der Waals surface area contributed by atoms with Crippen molar-refractivity contribution in [2.45, 2.75) is 63.7 Å². The second kappa shape index (κ2) is 3.37. The molecule has 0 spiro atoms. The first-order valence-electron chi connectivity index (χ1n) is 5.68. The zero-order chi connectivity index (χ0) is 11.2. The van der Waals surface area contributed by atoms with E-state index in [1.54, 1.807) is 4.90 Å². The highest BCUT2D eigenvalue weighted by molar-refractivity contribution is 5.66. The summed E-state index contributed by atoms with van der Waals surface area (Å²) in [7, 11) is 0. The highest BCUT2D eigenvalue weighted by atomic mass is 16.4. The SMILES string of the molecule is CC(C)(C)N(C(=O)O)[C@H]1C[C@H]2CC[C@@H]1N2. The van der Waals surface area contributed by atoms with E-state index in [-0.39, 0.29) is 11.6 Å². The van der Waals surface area contributed by atoms with Crippen LogP contribution in [0.4, 0.5) is 4.79 Å². The third-order valence-corrected chi connectivity index (χ3v) is 3.53. The molecule has 0 radical (unpaired) electrons. The van der Waals surface area contributed by atoms with Gasteiger partial charge in [0.15, 0.2) is 0 Å². The predicted octanol–water partition coefficient (Wildman–Crippen LogP) is 1.66. The molecule has 2 rings (SSSR count). The normalized spacial score (nSPS) is 34.5. The second-order valence-corrected chi connectivity index (χ2v) is 5.67. The van der Waals surface area contributed by atoms with E-state index in [4.69, 9.17) is 0 Å². The molecule has 2 heterocycles. The maximum absolute atomic E-state index is 11.3. The quantitative estimate of drug-likeness (QED) is 0.695. The molecule has 0 aliphatic carbocycles. The molecule has 0 unspecified atom stereocenters. The van der Waals surface area contributed by atoms with Crippen molar-refractivity contribution in [1.29, 1.82) is 0 Å². The summed E-state index contributed by atoms with van der Waals surface area (Å²) in [6.07, 6.45) is 2.52. The van der Waals surface area contributed by atoms with E-state index >= 15 is 0 Å². The van der Waals surface area contributed by atoms with Crippen molar-refractivity contribution in [3.05, 3.63) is 0 Å². The molecule has 0 aromatic heterocycles. The maximum atomic E-state index is 11.3. The zero-order valence-corrected chi connectivity index (χ0v) is 9.66. The number of carboxylic acid groups (broad SMARTS) is 1. The summed E-state index contributed by atoms with van der Waals surface area (Å²) in [5, 5.41) is 12.8. The van der Waals surface area contributed by atoms with Gasteiger partial charge in [0.25, 0.3) is 0 Å². The van der Waals surface area contributed by atoms with Gasteiger partial charge in [-0.2, -0.15) is 0 Å². The molecular weight excluding hydrogens is 192 g/mol. The first-order chi connectivity index (χ1) is 6.89. The van der Waals surface area contributed by atoms with Crippen LogP contribution in [0.3, 0.4) is 0 Å². The van der Waals surface area contributed by atoms with Crippen LogP contribution >= 0.6 is 0 Å². The standard InChI is InChI=1S/C11H20N2O2/c1-11(2,3)13(10(14)15)9-6-7-4-5-8(9)12-7/h7-9,12H,4-6H2,1-3H3,(H,14,15)/t7-,8+,9+/m1/s1. The lowest BCUT2D eigenvalue weighted by atomic mass is 9.91. The summed E-state index contributed by atoms with van der Waals surface area (Å²) in [5.74, 6) is 0. The molecule has 1 amide bonds. The van der Waals surface area contributed by atoms with Gasteiger partial charge in [0.1, 0.15) is 0 Å². The van der Waals surface area contributed by atoms with Gasteiger partial charge in [-0.05, 0) is 40.0 Å². The van der Waals surface area contributed by atoms with E-state index in [0.29, 0.717) is 12.1 Å². The van der Waals surface area contributed by atoms with E-state index in [1.807, 2.05) is 20.8 Å². The summed E-state index contributed by atoms with van der Waals surface area (Å²) in [4.78, 5) is 12.9. The van der Waals surface area contributed by atoms with Crippen molar-refractivity contribution in [3.8, 4) is 0 Å². The molecule has 0 aromatic carbocycles. The lowest BCUT2D eigenvalue weighted by Gasteiger charge is -2.41. The molecule has 2 N–H and O–H groups in total. The number of fused-ring (bicyclic) bond motifs is 2. The fraction of sp³-hybridized carbons (Fsp3) is 0.909. The van der Waals surface area contributed by atoms with Crippen molar-refractivity contribution < 1.29 is 9.90 Å². The Kier molecular flexibility index (Phi) is 2.41. The lowest BCUT2D eigenvalue weighted by molar-refractivity contribution is 0.0616. The lowest BCUT2D eigenvalue weighted by Crippen LogP contribution is -2.55. The molecule has 2 aliphatic rings. The van der Waals surface area contributed by atoms with Crippen molar-refractivity contribution in [2.75, 3.05) is 0 Å². The van der Waals surface area contributed by atoms with E-state index in [2.05, 4.69) is 5.32 Å². The largest absolute Gasteiger partial charge is 0.465 e. The Bertz CT molecular complexity index is 272. The zero-order valence-electron chi connectivity index (χ0n) is 9.66. The number of nitrogens with one attached hydrogen (secondary N) is 1. The van der Waals surface area contributed by atoms with Crippen LogP contribution in [0.25, 0.3) is 0 Å². The highest BCUT2D eigenvalue weighted by Gasteiger charge is 2.46. The van der Waals surface area contributed by atoms with Crippen LogP contribution in [0, 0.1) is 0 Å². The van der Waals surface area contributed by atoms with Crippen LogP contribution in [-0.2, 0) is 0 Å². The minimum Gasteiger partial charge on any atom is -0.465 e. The van der Waals surface area contributed by atoms with Gasteiger partial charge in [0.05, 0.1) is 6.04 Å². The molecule has 2 fully saturated rings. The van der Waals surface area contributed by atoms with Gasteiger partial charge in [-0.25, -0.2) is 4.79 Å². The summed E-state index contributed by atoms with van der Waals surface area (Å²) < 4.78 is 0. The van der Waals surface area contributed by atoms with Gasteiger partial charge in [0.2, 0.25) is 0 Å². The fourth-order valence-corrected chi connectivity index (χ4v) is 3.01. The third-order valence-electron chi connectivity index (χ3n) is 3.53. The van der Waals surface area contributed by atoms with Crippen LogP contribution in [0.15, 0.2) is 0 Å². The smallest absolute Gasteiger partial charge is 0.408 e. The average Bonchev–Trinajstić information content (AvgIpc) is 2.60. The number of rotatable bonds is 1. The van der Waals surface area contributed by atoms with E-state index in [1.165, 1.54) is 6.42 Å². The van der Waals surface area contributed by atoms with Crippen molar-refractivity contribution in [3.63, 3.8) is 0 Å². The first-order valence-corrected chi connectivity index (χ1v) is 5.68. The topological polar surface area (TPSA) is 52.6 Å². The molecule has 2 saturated heterocycles. The Hall–Kier alpha value is -0.770. The number of carbonyl (C=O) groups is 1. The summed E-state index contributed by atoms with van der Waals surface area (Å²) >= 11 is 0. The summed E-state index contributed by atoms with van der Waals surface area (Å²) in [6, 6.07) is 1.09. The van der Waals surface area contributed by atoms with Gasteiger partial charge < -0.3 is 10.4 Å². The van der Waals surface area contributed by atoms with Crippen LogP contribution in [0.5, 0.6) is 0 Å². The molecule has 15 heavy (non-hydrogen) atoms. The Morgan fingerprint density at radius 3 is 2.40 bits per heavy atom. The molecule has 2 bridgehead atoms. The van der Waals surface area contributed by atoms with Crippen LogP contribution < -0.4 is 5.32 Å². The van der Waals surface area contributed by atoms with Crippen LogP contribution in [-0.4, -0.2) is 39.8 Å². The Morgan fingerprint density at radius 1 is 1.40 bits per heavy atom. The Morgan fingerprint density at radius 2 is 2.07 bits per heavy atom. The van der Waals surface area contributed by atoms with Crippen LogP contribution in [0.2, 0.25) is 0 Å². The van der Waals surface area contributed by atoms with E-state index in [9.17, 15) is 9.90 Å². The number of hydrogen-bond donors (Lipinski definition) is 2. The molecule has 4 heteroatoms. The molecule has 86 valence electrons. The molecular formula is C11H20N2O2.